The number of ether oxygens (including phenoxy) is 1. The Kier molecular flexibility index (Phi) is 4.13. The van der Waals surface area contributed by atoms with E-state index in [-0.39, 0.29) is 0 Å². The summed E-state index contributed by atoms with van der Waals surface area (Å²) in [5.41, 5.74) is 0. The smallest absolute Gasteiger partial charge is 0.324 e. The number of hydrogen-bond donors (Lipinski definition) is 0. The van der Waals surface area contributed by atoms with Crippen molar-refractivity contribution in [3.05, 3.63) is 0 Å². The van der Waals surface area contributed by atoms with Crippen molar-refractivity contribution in [1.82, 2.24) is 0 Å². The van der Waals surface area contributed by atoms with Gasteiger partial charge in [0.25, 0.3) is 0 Å². The zero-order valence-electron chi connectivity index (χ0n) is 5.58. The summed E-state index contributed by atoms with van der Waals surface area (Å²) >= 11 is 5.28. The van der Waals surface area contributed by atoms with Crippen molar-refractivity contribution < 1.29 is 17.9 Å². The zero-order valence-corrected chi connectivity index (χ0v) is 7.91. The largest absolute Gasteiger partial charge is 0.468 e. The van der Waals surface area contributed by atoms with Crippen LogP contribution < -0.4 is 0 Å². The molecule has 11 heavy (non-hydrogen) atoms. The molecule has 0 heterocycles. The van der Waals surface area contributed by atoms with Gasteiger partial charge in [-0.15, -0.1) is 11.6 Å². The minimum Gasteiger partial charge on any atom is -0.468 e. The minimum absolute atomic E-state index is 0.622. The standard InChI is InChI=1S/C4H6Cl2O4S/c1-10-4(7)3(5)2-11(6,8)9/h3H,2H2,1H3/t3-/m0/s1. The van der Waals surface area contributed by atoms with E-state index >= 15 is 0 Å². The number of rotatable bonds is 3. The molecule has 0 amide bonds. The van der Waals surface area contributed by atoms with Gasteiger partial charge in [0.1, 0.15) is 5.38 Å². The van der Waals surface area contributed by atoms with E-state index in [2.05, 4.69) is 4.74 Å². The lowest BCUT2D eigenvalue weighted by molar-refractivity contribution is -0.139. The molecule has 0 aliphatic rings. The predicted octanol–water partition coefficient (Wildman–Crippen LogP) is 0.335. The predicted molar refractivity (Wildman–Crippen MR) is 41.3 cm³/mol. The second-order valence-electron chi connectivity index (χ2n) is 1.70. The lowest BCUT2D eigenvalue weighted by Crippen LogP contribution is -2.23. The highest BCUT2D eigenvalue weighted by molar-refractivity contribution is 8.13. The molecule has 0 rings (SSSR count). The molecule has 66 valence electrons. The summed E-state index contributed by atoms with van der Waals surface area (Å²) in [5.74, 6) is -1.43. The Labute approximate surface area is 73.8 Å². The van der Waals surface area contributed by atoms with Gasteiger partial charge in [0.05, 0.1) is 12.9 Å². The molecule has 0 saturated heterocycles. The SMILES string of the molecule is COC(=O)[C@@H](Cl)CS(=O)(=O)Cl. The second kappa shape index (κ2) is 4.13. The summed E-state index contributed by atoms with van der Waals surface area (Å²) in [6.45, 7) is 0. The van der Waals surface area contributed by atoms with Crippen molar-refractivity contribution in [2.24, 2.45) is 0 Å². The lowest BCUT2D eigenvalue weighted by atomic mass is 10.5. The van der Waals surface area contributed by atoms with Crippen LogP contribution in [-0.4, -0.2) is 32.6 Å². The fourth-order valence-electron chi connectivity index (χ4n) is 0.371. The fraction of sp³-hybridized carbons (Fsp3) is 0.750. The molecule has 1 atom stereocenters. The summed E-state index contributed by atoms with van der Waals surface area (Å²) in [5, 5.41) is -1.23. The highest BCUT2D eigenvalue weighted by Crippen LogP contribution is 2.06. The van der Waals surface area contributed by atoms with Crippen molar-refractivity contribution in [3.8, 4) is 0 Å². The van der Waals surface area contributed by atoms with E-state index in [0.29, 0.717) is 0 Å². The summed E-state index contributed by atoms with van der Waals surface area (Å²) in [4.78, 5) is 10.5. The quantitative estimate of drug-likeness (QED) is 0.391. The molecule has 0 radical (unpaired) electrons. The Morgan fingerprint density at radius 1 is 1.64 bits per heavy atom. The molecule has 0 aromatic rings. The highest BCUT2D eigenvalue weighted by Gasteiger charge is 2.22. The summed E-state index contributed by atoms with van der Waals surface area (Å²) < 4.78 is 24.8. The van der Waals surface area contributed by atoms with Gasteiger partial charge < -0.3 is 4.74 Å². The average Bonchev–Trinajstić information content (AvgIpc) is 1.82. The van der Waals surface area contributed by atoms with Crippen molar-refractivity contribution in [1.29, 1.82) is 0 Å². The van der Waals surface area contributed by atoms with Gasteiger partial charge in [0.2, 0.25) is 9.05 Å². The molecular formula is C4H6Cl2O4S. The maximum atomic E-state index is 10.5. The van der Waals surface area contributed by atoms with Gasteiger partial charge in [0, 0.05) is 10.7 Å². The highest BCUT2D eigenvalue weighted by atomic mass is 35.7. The van der Waals surface area contributed by atoms with Crippen molar-refractivity contribution in [3.63, 3.8) is 0 Å². The van der Waals surface area contributed by atoms with Crippen LogP contribution in [0.25, 0.3) is 0 Å². The van der Waals surface area contributed by atoms with Crippen LogP contribution >= 0.6 is 22.3 Å². The number of halogens is 2. The summed E-state index contributed by atoms with van der Waals surface area (Å²) in [6.07, 6.45) is 0. The lowest BCUT2D eigenvalue weighted by Gasteiger charge is -2.02. The topological polar surface area (TPSA) is 60.4 Å². The van der Waals surface area contributed by atoms with E-state index in [9.17, 15) is 13.2 Å². The van der Waals surface area contributed by atoms with E-state index in [1.54, 1.807) is 0 Å². The fourth-order valence-corrected chi connectivity index (χ4v) is 2.01. The molecule has 4 nitrogen and oxygen atoms in total. The van der Waals surface area contributed by atoms with Crippen LogP contribution in [0.4, 0.5) is 0 Å². The van der Waals surface area contributed by atoms with Crippen LogP contribution in [0.2, 0.25) is 0 Å². The zero-order chi connectivity index (χ0) is 9.07. The molecule has 0 saturated carbocycles. The van der Waals surface area contributed by atoms with Gasteiger partial charge in [-0.3, -0.25) is 4.79 Å². The third-order valence-electron chi connectivity index (χ3n) is 0.802. The average molecular weight is 221 g/mol. The Bertz CT molecular complexity index is 234. The van der Waals surface area contributed by atoms with Crippen LogP contribution in [0.15, 0.2) is 0 Å². The summed E-state index contributed by atoms with van der Waals surface area (Å²) in [7, 11) is 2.18. The normalized spacial score (nSPS) is 14.1. The van der Waals surface area contributed by atoms with E-state index in [1.807, 2.05) is 0 Å². The number of methoxy groups -OCH3 is 1. The third kappa shape index (κ3) is 5.29. The Balaban J connectivity index is 4.09. The molecule has 0 aliphatic carbocycles. The number of carbonyl (C=O) groups excluding carboxylic acids is 1. The second-order valence-corrected chi connectivity index (χ2v) is 5.04. The van der Waals surface area contributed by atoms with E-state index in [0.717, 1.165) is 7.11 Å². The number of carbonyl (C=O) groups is 1. The van der Waals surface area contributed by atoms with Crippen molar-refractivity contribution >= 4 is 37.3 Å². The van der Waals surface area contributed by atoms with Gasteiger partial charge in [-0.05, 0) is 0 Å². The van der Waals surface area contributed by atoms with Crippen LogP contribution in [0.1, 0.15) is 0 Å². The number of esters is 1. The van der Waals surface area contributed by atoms with Gasteiger partial charge in [-0.2, -0.15) is 0 Å². The first-order valence-electron chi connectivity index (χ1n) is 2.51. The van der Waals surface area contributed by atoms with Gasteiger partial charge in [-0.25, -0.2) is 8.42 Å². The van der Waals surface area contributed by atoms with Gasteiger partial charge >= 0.3 is 5.97 Å². The van der Waals surface area contributed by atoms with Crippen LogP contribution in [-0.2, 0) is 18.6 Å². The van der Waals surface area contributed by atoms with Crippen molar-refractivity contribution in [2.75, 3.05) is 12.9 Å². The first-order valence-corrected chi connectivity index (χ1v) is 5.42. The van der Waals surface area contributed by atoms with E-state index < -0.39 is 26.2 Å². The molecule has 0 N–H and O–H groups in total. The number of alkyl halides is 1. The molecule has 0 unspecified atom stereocenters. The minimum atomic E-state index is -3.74. The molecule has 7 heteroatoms. The van der Waals surface area contributed by atoms with E-state index in [1.165, 1.54) is 0 Å². The van der Waals surface area contributed by atoms with Gasteiger partial charge in [0.15, 0.2) is 0 Å². The first kappa shape index (κ1) is 11.0. The Hall–Kier alpha value is -0.000000000000000111. The molecule has 0 aliphatic heterocycles. The first-order chi connectivity index (χ1) is 4.87. The molecule has 0 spiro atoms. The molecule has 0 aromatic carbocycles. The Morgan fingerprint density at radius 3 is 2.36 bits per heavy atom. The number of hydrogen-bond acceptors (Lipinski definition) is 4. The van der Waals surface area contributed by atoms with Crippen LogP contribution in [0.5, 0.6) is 0 Å². The molecule has 0 aromatic heterocycles. The van der Waals surface area contributed by atoms with E-state index in [4.69, 9.17) is 22.3 Å². The third-order valence-corrected chi connectivity index (χ3v) is 2.43. The maximum absolute atomic E-state index is 10.5. The monoisotopic (exact) mass is 220 g/mol. The molecule has 0 bridgehead atoms. The summed E-state index contributed by atoms with van der Waals surface area (Å²) in [6, 6.07) is 0. The van der Waals surface area contributed by atoms with Gasteiger partial charge in [-0.1, -0.05) is 0 Å². The molecule has 0 fully saturated rings. The maximum Gasteiger partial charge on any atom is 0.324 e. The van der Waals surface area contributed by atoms with Crippen LogP contribution in [0, 0.1) is 0 Å². The molecular weight excluding hydrogens is 215 g/mol. The van der Waals surface area contributed by atoms with Crippen molar-refractivity contribution in [2.45, 2.75) is 5.38 Å². The Morgan fingerprint density at radius 2 is 2.09 bits per heavy atom. The van der Waals surface area contributed by atoms with Crippen LogP contribution in [0.3, 0.4) is 0 Å².